The summed E-state index contributed by atoms with van der Waals surface area (Å²) < 4.78 is 27.0. The van der Waals surface area contributed by atoms with Crippen LogP contribution in [-0.4, -0.2) is 15.5 Å². The number of fused-ring (bicyclic) bond motifs is 1. The second-order valence-corrected chi connectivity index (χ2v) is 5.69. The Morgan fingerprint density at radius 3 is 2.58 bits per heavy atom. The summed E-state index contributed by atoms with van der Waals surface area (Å²) in [6.07, 6.45) is -0.800. The van der Waals surface area contributed by atoms with Crippen LogP contribution >= 0.6 is 0 Å². The zero-order valence-corrected chi connectivity index (χ0v) is 13.4. The van der Waals surface area contributed by atoms with Crippen molar-refractivity contribution in [2.75, 3.05) is 0 Å². The van der Waals surface area contributed by atoms with Gasteiger partial charge in [0, 0.05) is 30.3 Å². The number of hydrogen-bond donors (Lipinski definition) is 1. The predicted octanol–water partition coefficient (Wildman–Crippen LogP) is 3.75. The fourth-order valence-electron chi connectivity index (χ4n) is 2.70. The molecule has 0 saturated heterocycles. The minimum atomic E-state index is -2.53. The normalized spacial score (nSPS) is 11.2. The summed E-state index contributed by atoms with van der Waals surface area (Å²) in [6.45, 7) is 2.32. The van der Waals surface area contributed by atoms with Crippen molar-refractivity contribution in [3.63, 3.8) is 0 Å². The fraction of sp³-hybridized carbons (Fsp3) is 0.222. The van der Waals surface area contributed by atoms with E-state index in [-0.39, 0.29) is 11.5 Å². The predicted molar refractivity (Wildman–Crippen MR) is 88.0 cm³/mol. The molecule has 6 heteroatoms. The van der Waals surface area contributed by atoms with Crippen LogP contribution in [0.15, 0.2) is 42.7 Å². The molecule has 0 fully saturated rings. The second-order valence-electron chi connectivity index (χ2n) is 5.69. The Balaban J connectivity index is 1.79. The Bertz CT molecular complexity index is 885. The van der Waals surface area contributed by atoms with Crippen LogP contribution in [0.5, 0.6) is 0 Å². The molecule has 1 aromatic heterocycles. The quantitative estimate of drug-likeness (QED) is 0.792. The third-order valence-corrected chi connectivity index (χ3v) is 4.07. The van der Waals surface area contributed by atoms with Gasteiger partial charge < -0.3 is 9.88 Å². The van der Waals surface area contributed by atoms with Gasteiger partial charge in [0.2, 0.25) is 0 Å². The average molecular weight is 329 g/mol. The summed E-state index contributed by atoms with van der Waals surface area (Å²) in [7, 11) is 1.91. The topological polar surface area (TPSA) is 46.9 Å². The molecular weight excluding hydrogens is 312 g/mol. The van der Waals surface area contributed by atoms with Gasteiger partial charge in [0.05, 0.1) is 17.4 Å². The monoisotopic (exact) mass is 329 g/mol. The van der Waals surface area contributed by atoms with Crippen molar-refractivity contribution >= 4 is 16.9 Å². The highest BCUT2D eigenvalue weighted by atomic mass is 19.3. The Morgan fingerprint density at radius 1 is 1.21 bits per heavy atom. The number of carbonyl (C=O) groups is 1. The molecule has 0 radical (unpaired) electrons. The van der Waals surface area contributed by atoms with Gasteiger partial charge in [-0.05, 0) is 30.7 Å². The van der Waals surface area contributed by atoms with E-state index in [1.54, 1.807) is 6.33 Å². The number of hydrogen-bond acceptors (Lipinski definition) is 2. The molecule has 2 aromatic carbocycles. The molecule has 1 N–H and O–H groups in total. The number of imidazole rings is 1. The molecule has 0 aliphatic carbocycles. The van der Waals surface area contributed by atoms with Gasteiger partial charge in [-0.2, -0.15) is 0 Å². The molecule has 0 saturated carbocycles. The van der Waals surface area contributed by atoms with Gasteiger partial charge in [0.25, 0.3) is 12.3 Å². The third-order valence-electron chi connectivity index (χ3n) is 4.07. The van der Waals surface area contributed by atoms with E-state index in [0.29, 0.717) is 12.1 Å². The number of benzene rings is 2. The minimum Gasteiger partial charge on any atom is -0.348 e. The lowest BCUT2D eigenvalue weighted by Crippen LogP contribution is -2.23. The summed E-state index contributed by atoms with van der Waals surface area (Å²) in [6, 6.07) is 9.27. The second kappa shape index (κ2) is 6.39. The number of alkyl halides is 2. The molecule has 1 amide bonds. The number of aromatic nitrogens is 2. The van der Waals surface area contributed by atoms with Crippen LogP contribution in [0.2, 0.25) is 0 Å². The molecular formula is C18H17F2N3O. The van der Waals surface area contributed by atoms with E-state index in [1.807, 2.05) is 30.7 Å². The summed E-state index contributed by atoms with van der Waals surface area (Å²) >= 11 is 0. The molecule has 124 valence electrons. The zero-order valence-electron chi connectivity index (χ0n) is 13.4. The number of aryl methyl sites for hydroxylation is 2. The summed E-state index contributed by atoms with van der Waals surface area (Å²) in [5, 5.41) is 2.85. The van der Waals surface area contributed by atoms with Gasteiger partial charge in [-0.15, -0.1) is 0 Å². The van der Waals surface area contributed by atoms with Crippen LogP contribution in [0.4, 0.5) is 8.78 Å². The maximum absolute atomic E-state index is 12.6. The first-order valence-corrected chi connectivity index (χ1v) is 7.53. The molecule has 0 aliphatic rings. The Morgan fingerprint density at radius 2 is 1.92 bits per heavy atom. The lowest BCUT2D eigenvalue weighted by Gasteiger charge is -2.11. The number of carbonyl (C=O) groups excluding carboxylic acids is 1. The third kappa shape index (κ3) is 2.99. The first-order chi connectivity index (χ1) is 11.5. The number of amides is 1. The smallest absolute Gasteiger partial charge is 0.263 e. The lowest BCUT2D eigenvalue weighted by molar-refractivity contribution is 0.0950. The van der Waals surface area contributed by atoms with Crippen LogP contribution in [0.25, 0.3) is 11.0 Å². The van der Waals surface area contributed by atoms with Crippen LogP contribution in [0.3, 0.4) is 0 Å². The molecule has 4 nitrogen and oxygen atoms in total. The van der Waals surface area contributed by atoms with Crippen molar-refractivity contribution in [2.24, 2.45) is 7.05 Å². The molecule has 3 rings (SSSR count). The van der Waals surface area contributed by atoms with Crippen LogP contribution < -0.4 is 5.32 Å². The van der Waals surface area contributed by atoms with Crippen molar-refractivity contribution in [1.29, 1.82) is 0 Å². The van der Waals surface area contributed by atoms with E-state index in [1.165, 1.54) is 24.3 Å². The molecule has 0 unspecified atom stereocenters. The van der Waals surface area contributed by atoms with Gasteiger partial charge in [-0.25, -0.2) is 13.8 Å². The van der Waals surface area contributed by atoms with Crippen molar-refractivity contribution < 1.29 is 13.6 Å². The lowest BCUT2D eigenvalue weighted by atomic mass is 10.1. The summed E-state index contributed by atoms with van der Waals surface area (Å²) in [5.74, 6) is -0.297. The average Bonchev–Trinajstić information content (AvgIpc) is 2.95. The van der Waals surface area contributed by atoms with Crippen molar-refractivity contribution in [1.82, 2.24) is 14.9 Å². The van der Waals surface area contributed by atoms with Gasteiger partial charge >= 0.3 is 0 Å². The number of halogens is 2. The van der Waals surface area contributed by atoms with Gasteiger partial charge in [0.15, 0.2) is 0 Å². The van der Waals surface area contributed by atoms with E-state index in [2.05, 4.69) is 10.3 Å². The van der Waals surface area contributed by atoms with Gasteiger partial charge in [0.1, 0.15) is 0 Å². The van der Waals surface area contributed by atoms with Crippen LogP contribution in [-0.2, 0) is 13.6 Å². The maximum Gasteiger partial charge on any atom is 0.263 e. The maximum atomic E-state index is 12.6. The van der Waals surface area contributed by atoms with E-state index in [9.17, 15) is 13.6 Å². The summed E-state index contributed by atoms with van der Waals surface area (Å²) in [4.78, 5) is 16.6. The van der Waals surface area contributed by atoms with E-state index in [0.717, 1.165) is 22.2 Å². The SMILES string of the molecule is Cc1ccc2ncn(C)c2c1CNC(=O)c1ccc(C(F)F)cc1. The molecule has 0 spiro atoms. The number of rotatable bonds is 4. The Hall–Kier alpha value is -2.76. The molecule has 3 aromatic rings. The molecule has 0 bridgehead atoms. The van der Waals surface area contributed by atoms with Crippen molar-refractivity contribution in [3.05, 3.63) is 65.0 Å². The number of nitrogens with zero attached hydrogens (tertiary/aromatic N) is 2. The zero-order chi connectivity index (χ0) is 17.3. The summed E-state index contributed by atoms with van der Waals surface area (Å²) in [5.41, 5.74) is 4.15. The standard InChI is InChI=1S/C18H17F2N3O/c1-11-3-8-15-16(23(2)10-22-15)14(11)9-21-18(24)13-6-4-12(5-7-13)17(19)20/h3-8,10,17H,9H2,1-2H3,(H,21,24). The highest BCUT2D eigenvalue weighted by Crippen LogP contribution is 2.21. The Labute approximate surface area is 138 Å². The van der Waals surface area contributed by atoms with E-state index < -0.39 is 6.43 Å². The molecule has 1 heterocycles. The largest absolute Gasteiger partial charge is 0.348 e. The van der Waals surface area contributed by atoms with E-state index in [4.69, 9.17) is 0 Å². The van der Waals surface area contributed by atoms with Crippen LogP contribution in [0.1, 0.15) is 33.5 Å². The molecule has 24 heavy (non-hydrogen) atoms. The Kier molecular flexibility index (Phi) is 4.29. The molecule has 0 atom stereocenters. The first-order valence-electron chi connectivity index (χ1n) is 7.53. The van der Waals surface area contributed by atoms with Gasteiger partial charge in [-0.3, -0.25) is 4.79 Å². The van der Waals surface area contributed by atoms with Gasteiger partial charge in [-0.1, -0.05) is 18.2 Å². The van der Waals surface area contributed by atoms with Crippen LogP contribution in [0, 0.1) is 6.92 Å². The van der Waals surface area contributed by atoms with E-state index >= 15 is 0 Å². The van der Waals surface area contributed by atoms with Crippen molar-refractivity contribution in [2.45, 2.75) is 19.9 Å². The fourth-order valence-corrected chi connectivity index (χ4v) is 2.70. The highest BCUT2D eigenvalue weighted by Gasteiger charge is 2.12. The van der Waals surface area contributed by atoms with Crippen molar-refractivity contribution in [3.8, 4) is 0 Å². The molecule has 0 aliphatic heterocycles. The first kappa shape index (κ1) is 16.1. The number of nitrogens with one attached hydrogen (secondary N) is 1. The highest BCUT2D eigenvalue weighted by molar-refractivity contribution is 5.94. The minimum absolute atomic E-state index is 0.0953.